The molecule has 0 unspecified atom stereocenters. The minimum absolute atomic E-state index is 0.0478. The van der Waals surface area contributed by atoms with E-state index < -0.39 is 5.91 Å². The van der Waals surface area contributed by atoms with Gasteiger partial charge >= 0.3 is 0 Å². The van der Waals surface area contributed by atoms with E-state index in [0.717, 1.165) is 4.68 Å². The molecule has 28 heavy (non-hydrogen) atoms. The number of carbonyl (C=O) groups is 1. The van der Waals surface area contributed by atoms with Crippen LogP contribution in [0.2, 0.25) is 0 Å². The molecule has 7 nitrogen and oxygen atoms in total. The van der Waals surface area contributed by atoms with Crippen molar-refractivity contribution in [3.63, 3.8) is 0 Å². The average Bonchev–Trinajstić information content (AvgIpc) is 2.71. The topological polar surface area (TPSA) is 82.5 Å². The van der Waals surface area contributed by atoms with E-state index in [1.807, 2.05) is 0 Å². The van der Waals surface area contributed by atoms with Crippen molar-refractivity contribution in [2.45, 2.75) is 6.54 Å². The summed E-state index contributed by atoms with van der Waals surface area (Å²) in [6.07, 6.45) is 0. The zero-order chi connectivity index (χ0) is 20.1. The highest BCUT2D eigenvalue weighted by Crippen LogP contribution is 2.29. The number of carbonyl (C=O) groups excluding carboxylic acids is 1. The Hall–Kier alpha value is -3.68. The molecule has 0 fully saturated rings. The standard InChI is InChI=1S/C20H18FN3O4/c1-27-15-7-9-18(28-2)17(11-15)22-20(26)16-8-10-19(25)24(23-16)12-13-3-5-14(21)6-4-13/h3-11H,12H2,1-2H3,(H,22,26). The number of hydrogen-bond acceptors (Lipinski definition) is 5. The van der Waals surface area contributed by atoms with Gasteiger partial charge in [-0.15, -0.1) is 0 Å². The van der Waals surface area contributed by atoms with E-state index in [9.17, 15) is 14.0 Å². The lowest BCUT2D eigenvalue weighted by Crippen LogP contribution is -2.26. The molecule has 3 aromatic rings. The second-order valence-electron chi connectivity index (χ2n) is 5.86. The van der Waals surface area contributed by atoms with Crippen LogP contribution in [-0.2, 0) is 6.54 Å². The van der Waals surface area contributed by atoms with Crippen LogP contribution in [0.1, 0.15) is 16.1 Å². The van der Waals surface area contributed by atoms with E-state index in [2.05, 4.69) is 10.4 Å². The Bertz CT molecular complexity index is 1050. The number of nitrogens with zero attached hydrogens (tertiary/aromatic N) is 2. The largest absolute Gasteiger partial charge is 0.497 e. The van der Waals surface area contributed by atoms with Gasteiger partial charge in [0.2, 0.25) is 0 Å². The molecule has 1 amide bonds. The highest BCUT2D eigenvalue weighted by atomic mass is 19.1. The summed E-state index contributed by atoms with van der Waals surface area (Å²) in [6.45, 7) is 0.114. The highest BCUT2D eigenvalue weighted by molar-refractivity contribution is 6.03. The third-order valence-corrected chi connectivity index (χ3v) is 4.00. The lowest BCUT2D eigenvalue weighted by atomic mass is 10.2. The summed E-state index contributed by atoms with van der Waals surface area (Å²) in [5.41, 5.74) is 0.763. The molecule has 0 aliphatic heterocycles. The van der Waals surface area contributed by atoms with Gasteiger partial charge in [-0.05, 0) is 35.9 Å². The van der Waals surface area contributed by atoms with Gasteiger partial charge < -0.3 is 14.8 Å². The van der Waals surface area contributed by atoms with Gasteiger partial charge in [-0.1, -0.05) is 12.1 Å². The van der Waals surface area contributed by atoms with Crippen molar-refractivity contribution in [3.05, 3.63) is 82.0 Å². The molecule has 0 bridgehead atoms. The van der Waals surface area contributed by atoms with Crippen LogP contribution in [0.5, 0.6) is 11.5 Å². The summed E-state index contributed by atoms with van der Waals surface area (Å²) >= 11 is 0. The molecule has 1 aromatic heterocycles. The molecule has 0 saturated heterocycles. The van der Waals surface area contributed by atoms with Crippen molar-refractivity contribution in [2.24, 2.45) is 0 Å². The zero-order valence-electron chi connectivity index (χ0n) is 15.3. The van der Waals surface area contributed by atoms with Gasteiger partial charge in [0.05, 0.1) is 26.5 Å². The van der Waals surface area contributed by atoms with Crippen LogP contribution in [0.15, 0.2) is 59.4 Å². The Labute approximate surface area is 160 Å². The van der Waals surface area contributed by atoms with Crippen molar-refractivity contribution in [3.8, 4) is 11.5 Å². The van der Waals surface area contributed by atoms with Crippen molar-refractivity contribution >= 4 is 11.6 Å². The van der Waals surface area contributed by atoms with Crippen LogP contribution in [0.4, 0.5) is 10.1 Å². The van der Waals surface area contributed by atoms with Gasteiger partial charge in [-0.3, -0.25) is 9.59 Å². The molecular formula is C20H18FN3O4. The first kappa shape index (κ1) is 19.1. The maximum absolute atomic E-state index is 13.0. The Morgan fingerprint density at radius 3 is 2.50 bits per heavy atom. The number of halogens is 1. The van der Waals surface area contributed by atoms with Crippen molar-refractivity contribution in [2.75, 3.05) is 19.5 Å². The molecule has 0 saturated carbocycles. The molecule has 0 atom stereocenters. The molecule has 0 aliphatic carbocycles. The summed E-state index contributed by atoms with van der Waals surface area (Å²) in [4.78, 5) is 24.7. The molecule has 1 heterocycles. The quantitative estimate of drug-likeness (QED) is 0.708. The van der Waals surface area contributed by atoms with E-state index in [0.29, 0.717) is 22.7 Å². The summed E-state index contributed by atoms with van der Waals surface area (Å²) in [6, 6.07) is 13.3. The Morgan fingerprint density at radius 2 is 1.82 bits per heavy atom. The monoisotopic (exact) mass is 383 g/mol. The molecule has 0 radical (unpaired) electrons. The molecule has 8 heteroatoms. The van der Waals surface area contributed by atoms with Gasteiger partial charge in [0.15, 0.2) is 0 Å². The molecule has 1 N–H and O–H groups in total. The van der Waals surface area contributed by atoms with Crippen LogP contribution in [0.25, 0.3) is 0 Å². The molecule has 144 valence electrons. The normalized spacial score (nSPS) is 10.4. The van der Waals surface area contributed by atoms with Gasteiger partial charge in [0.1, 0.15) is 23.0 Å². The Kier molecular flexibility index (Phi) is 5.69. The first-order valence-corrected chi connectivity index (χ1v) is 8.36. The third-order valence-electron chi connectivity index (χ3n) is 4.00. The van der Waals surface area contributed by atoms with Gasteiger partial charge in [-0.25, -0.2) is 9.07 Å². The van der Waals surface area contributed by atoms with Gasteiger partial charge in [0, 0.05) is 12.1 Å². The number of ether oxygens (including phenoxy) is 2. The van der Waals surface area contributed by atoms with Crippen LogP contribution in [0.3, 0.4) is 0 Å². The van der Waals surface area contributed by atoms with E-state index >= 15 is 0 Å². The maximum atomic E-state index is 13.0. The fourth-order valence-corrected chi connectivity index (χ4v) is 2.54. The predicted octanol–water partition coefficient (Wildman–Crippen LogP) is 2.70. The molecule has 2 aromatic carbocycles. The minimum Gasteiger partial charge on any atom is -0.497 e. The van der Waals surface area contributed by atoms with E-state index in [1.54, 1.807) is 30.3 Å². The second kappa shape index (κ2) is 8.34. The summed E-state index contributed by atoms with van der Waals surface area (Å²) in [7, 11) is 3.00. The van der Waals surface area contributed by atoms with Gasteiger partial charge in [0.25, 0.3) is 11.5 Å². The number of amides is 1. The van der Waals surface area contributed by atoms with Crippen molar-refractivity contribution in [1.29, 1.82) is 0 Å². The zero-order valence-corrected chi connectivity index (χ0v) is 15.3. The molecule has 0 spiro atoms. The van der Waals surface area contributed by atoms with E-state index in [1.165, 1.54) is 38.5 Å². The van der Waals surface area contributed by atoms with Crippen LogP contribution in [0, 0.1) is 5.82 Å². The number of benzene rings is 2. The highest BCUT2D eigenvalue weighted by Gasteiger charge is 2.14. The molecule has 0 aliphatic rings. The lowest BCUT2D eigenvalue weighted by Gasteiger charge is -2.12. The number of aromatic nitrogens is 2. The van der Waals surface area contributed by atoms with Crippen molar-refractivity contribution < 1.29 is 18.7 Å². The third kappa shape index (κ3) is 4.35. The number of nitrogens with one attached hydrogen (secondary N) is 1. The Balaban J connectivity index is 1.85. The molecular weight excluding hydrogens is 365 g/mol. The number of rotatable bonds is 6. The first-order valence-electron chi connectivity index (χ1n) is 8.36. The molecule has 3 rings (SSSR count). The van der Waals surface area contributed by atoms with E-state index in [4.69, 9.17) is 9.47 Å². The fourth-order valence-electron chi connectivity index (χ4n) is 2.54. The minimum atomic E-state index is -0.514. The SMILES string of the molecule is COc1ccc(OC)c(NC(=O)c2ccc(=O)n(Cc3ccc(F)cc3)n2)c1. The second-order valence-corrected chi connectivity index (χ2v) is 5.86. The lowest BCUT2D eigenvalue weighted by molar-refractivity contribution is 0.101. The van der Waals surface area contributed by atoms with Gasteiger partial charge in [-0.2, -0.15) is 5.10 Å². The van der Waals surface area contributed by atoms with Crippen LogP contribution in [-0.4, -0.2) is 29.9 Å². The smallest absolute Gasteiger partial charge is 0.276 e. The van der Waals surface area contributed by atoms with Crippen molar-refractivity contribution in [1.82, 2.24) is 9.78 Å². The summed E-state index contributed by atoms with van der Waals surface area (Å²) < 4.78 is 24.6. The summed E-state index contributed by atoms with van der Waals surface area (Å²) in [5.74, 6) is 0.114. The maximum Gasteiger partial charge on any atom is 0.276 e. The van der Waals surface area contributed by atoms with E-state index in [-0.39, 0.29) is 23.6 Å². The Morgan fingerprint density at radius 1 is 1.07 bits per heavy atom. The fraction of sp³-hybridized carbons (Fsp3) is 0.150. The average molecular weight is 383 g/mol. The first-order chi connectivity index (χ1) is 13.5. The van der Waals surface area contributed by atoms with Crippen LogP contribution >= 0.6 is 0 Å². The predicted molar refractivity (Wildman–Crippen MR) is 101 cm³/mol. The number of hydrogen-bond donors (Lipinski definition) is 1. The summed E-state index contributed by atoms with van der Waals surface area (Å²) in [5, 5.41) is 6.81. The number of anilines is 1. The number of methoxy groups -OCH3 is 2. The van der Waals surface area contributed by atoms with Crippen LogP contribution < -0.4 is 20.3 Å².